The predicted molar refractivity (Wildman–Crippen MR) is 59.1 cm³/mol. The van der Waals surface area contributed by atoms with Gasteiger partial charge in [-0.05, 0) is 24.0 Å². The monoisotopic (exact) mass is 219 g/mol. The normalized spacial score (nSPS) is 11.1. The van der Waals surface area contributed by atoms with Crippen LogP contribution in [0.25, 0.3) is 0 Å². The van der Waals surface area contributed by atoms with Crippen molar-refractivity contribution in [2.45, 2.75) is 6.42 Å². The lowest BCUT2D eigenvalue weighted by Crippen LogP contribution is -2.18. The Morgan fingerprint density at radius 3 is 2.77 bits per heavy atom. The molecule has 0 fully saturated rings. The quantitative estimate of drug-likeness (QED) is 0.301. The molecule has 0 radical (unpaired) electrons. The molecule has 13 heavy (non-hydrogen) atoms. The van der Waals surface area contributed by atoms with Crippen molar-refractivity contribution in [1.29, 1.82) is 0 Å². The van der Waals surface area contributed by atoms with Gasteiger partial charge < -0.3 is 5.32 Å². The van der Waals surface area contributed by atoms with Crippen LogP contribution in [-0.4, -0.2) is 30.7 Å². The molecule has 5 heteroatoms. The van der Waals surface area contributed by atoms with Crippen LogP contribution in [0.15, 0.2) is 11.0 Å². The molecule has 0 bridgehead atoms. The highest BCUT2D eigenvalue weighted by atomic mass is 32.2. The number of nitrogens with one attached hydrogen (secondary N) is 1. The highest BCUT2D eigenvalue weighted by Crippen LogP contribution is 2.16. The summed E-state index contributed by atoms with van der Waals surface area (Å²) >= 11 is 5.42. The number of amides is 1. The fourth-order valence-corrected chi connectivity index (χ4v) is 1.89. The zero-order valence-corrected chi connectivity index (χ0v) is 9.16. The van der Waals surface area contributed by atoms with Crippen LogP contribution in [0.1, 0.15) is 6.42 Å². The van der Waals surface area contributed by atoms with Gasteiger partial charge in [0, 0.05) is 7.05 Å². The summed E-state index contributed by atoms with van der Waals surface area (Å²) in [7, 11) is 1.54. The lowest BCUT2D eigenvalue weighted by Gasteiger charge is -2.03. The molecule has 0 aromatic rings. The molecule has 1 N–H and O–H groups in total. The van der Waals surface area contributed by atoms with Crippen LogP contribution in [0.2, 0.25) is 0 Å². The average molecular weight is 219 g/mol. The number of thioether (sulfide) groups is 1. The van der Waals surface area contributed by atoms with E-state index in [9.17, 15) is 9.59 Å². The molecule has 0 aromatic carbocycles. The van der Waals surface area contributed by atoms with Gasteiger partial charge in [-0.15, -0.1) is 11.8 Å². The Balaban J connectivity index is 4.03. The van der Waals surface area contributed by atoms with Gasteiger partial charge >= 0.3 is 0 Å². The Bertz CT molecular complexity index is 204. The van der Waals surface area contributed by atoms with Gasteiger partial charge in [0.2, 0.25) is 0 Å². The van der Waals surface area contributed by atoms with Crippen LogP contribution in [0.5, 0.6) is 0 Å². The van der Waals surface area contributed by atoms with Crippen LogP contribution < -0.4 is 5.32 Å². The molecule has 0 aromatic heterocycles. The van der Waals surface area contributed by atoms with E-state index >= 15 is 0 Å². The van der Waals surface area contributed by atoms with Gasteiger partial charge in [0.25, 0.3) is 5.91 Å². The van der Waals surface area contributed by atoms with E-state index < -0.39 is 0 Å². The average Bonchev–Trinajstić information content (AvgIpc) is 2.16. The Hall–Kier alpha value is -0.420. The summed E-state index contributed by atoms with van der Waals surface area (Å²) in [5.74, 6) is 1.38. The number of likely N-dealkylation sites (N-methyl/N-ethyl adjacent to an activating group) is 1. The molecule has 0 atom stereocenters. The van der Waals surface area contributed by atoms with E-state index in [2.05, 4.69) is 17.9 Å². The first-order valence-electron chi connectivity index (χ1n) is 3.87. The maximum absolute atomic E-state index is 11.1. The summed E-state index contributed by atoms with van der Waals surface area (Å²) < 4.78 is 0. The van der Waals surface area contributed by atoms with Crippen molar-refractivity contribution < 1.29 is 9.59 Å². The maximum atomic E-state index is 11.1. The molecule has 0 heterocycles. The zero-order chi connectivity index (χ0) is 10.1. The standard InChI is InChI=1S/C8H13NO2S2/c1-9-8(11)7(3-4-10)13-6-2-5-12/h3-4,12H,2,5-6H2,1H3,(H,9,11). The summed E-state index contributed by atoms with van der Waals surface area (Å²) in [6.07, 6.45) is 2.82. The smallest absolute Gasteiger partial charge is 0.257 e. The number of aldehydes is 1. The highest BCUT2D eigenvalue weighted by molar-refractivity contribution is 8.04. The van der Waals surface area contributed by atoms with Gasteiger partial charge in [0.15, 0.2) is 0 Å². The second kappa shape index (κ2) is 8.19. The minimum Gasteiger partial charge on any atom is -0.355 e. The minimum atomic E-state index is -0.212. The molecule has 0 rings (SSSR count). The number of rotatable bonds is 6. The summed E-state index contributed by atoms with van der Waals surface area (Å²) in [6, 6.07) is 0. The second-order valence-corrected chi connectivity index (χ2v) is 3.76. The van der Waals surface area contributed by atoms with E-state index in [0.29, 0.717) is 11.2 Å². The van der Waals surface area contributed by atoms with Gasteiger partial charge in [0.05, 0.1) is 4.91 Å². The fraction of sp³-hybridized carbons (Fsp3) is 0.500. The zero-order valence-electron chi connectivity index (χ0n) is 7.45. The van der Waals surface area contributed by atoms with E-state index in [4.69, 9.17) is 0 Å². The SMILES string of the molecule is CNC(=O)C(=CC=O)SCCCS. The molecular weight excluding hydrogens is 206 g/mol. The number of hydrogen-bond acceptors (Lipinski definition) is 4. The van der Waals surface area contributed by atoms with Gasteiger partial charge in [-0.1, -0.05) is 0 Å². The minimum absolute atomic E-state index is 0.212. The first-order chi connectivity index (χ1) is 6.26. The Morgan fingerprint density at radius 2 is 2.31 bits per heavy atom. The van der Waals surface area contributed by atoms with Crippen molar-refractivity contribution >= 4 is 36.6 Å². The van der Waals surface area contributed by atoms with Crippen molar-refractivity contribution in [1.82, 2.24) is 5.32 Å². The van der Waals surface area contributed by atoms with Crippen LogP contribution in [0.4, 0.5) is 0 Å². The van der Waals surface area contributed by atoms with Gasteiger partial charge in [-0.3, -0.25) is 9.59 Å². The molecule has 1 amide bonds. The van der Waals surface area contributed by atoms with E-state index in [1.807, 2.05) is 0 Å². The summed E-state index contributed by atoms with van der Waals surface area (Å²) in [5.41, 5.74) is 0. The van der Waals surface area contributed by atoms with Gasteiger partial charge in [-0.25, -0.2) is 0 Å². The molecule has 0 saturated carbocycles. The fourth-order valence-electron chi connectivity index (χ4n) is 0.621. The van der Waals surface area contributed by atoms with Crippen molar-refractivity contribution in [2.24, 2.45) is 0 Å². The number of thiol groups is 1. The van der Waals surface area contributed by atoms with Crippen molar-refractivity contribution in [3.8, 4) is 0 Å². The Labute approximate surface area is 87.8 Å². The predicted octanol–water partition coefficient (Wildman–Crippen LogP) is 0.868. The maximum Gasteiger partial charge on any atom is 0.257 e. The van der Waals surface area contributed by atoms with E-state index in [-0.39, 0.29) is 5.91 Å². The third-order valence-corrected chi connectivity index (χ3v) is 2.67. The Morgan fingerprint density at radius 1 is 1.62 bits per heavy atom. The van der Waals surface area contributed by atoms with Crippen molar-refractivity contribution in [2.75, 3.05) is 18.6 Å². The third kappa shape index (κ3) is 5.76. The number of allylic oxidation sites excluding steroid dienone is 1. The van der Waals surface area contributed by atoms with Crippen LogP contribution in [0, 0.1) is 0 Å². The third-order valence-electron chi connectivity index (χ3n) is 1.23. The molecule has 0 saturated heterocycles. The van der Waals surface area contributed by atoms with Gasteiger partial charge in [-0.2, -0.15) is 12.6 Å². The van der Waals surface area contributed by atoms with E-state index in [1.165, 1.54) is 17.8 Å². The van der Waals surface area contributed by atoms with Gasteiger partial charge in [0.1, 0.15) is 6.29 Å². The Kier molecular flexibility index (Phi) is 7.93. The molecule has 0 aliphatic heterocycles. The largest absolute Gasteiger partial charge is 0.355 e. The number of carbonyl (C=O) groups is 2. The molecule has 74 valence electrons. The molecule has 0 aliphatic rings. The van der Waals surface area contributed by atoms with Crippen LogP contribution >= 0.6 is 24.4 Å². The number of carbonyl (C=O) groups excluding carboxylic acids is 2. The molecule has 0 aliphatic carbocycles. The molecule has 0 unspecified atom stereocenters. The topological polar surface area (TPSA) is 46.2 Å². The van der Waals surface area contributed by atoms with Crippen LogP contribution in [0.3, 0.4) is 0 Å². The van der Waals surface area contributed by atoms with E-state index in [1.54, 1.807) is 7.05 Å². The van der Waals surface area contributed by atoms with Crippen LogP contribution in [-0.2, 0) is 9.59 Å². The van der Waals surface area contributed by atoms with E-state index in [0.717, 1.165) is 17.9 Å². The summed E-state index contributed by atoms with van der Waals surface area (Å²) in [6.45, 7) is 0. The van der Waals surface area contributed by atoms with Crippen molar-refractivity contribution in [3.05, 3.63) is 11.0 Å². The first kappa shape index (κ1) is 12.6. The number of hydrogen-bond donors (Lipinski definition) is 2. The summed E-state index contributed by atoms with van der Waals surface area (Å²) in [5, 5.41) is 2.47. The van der Waals surface area contributed by atoms with Crippen molar-refractivity contribution in [3.63, 3.8) is 0 Å². The first-order valence-corrected chi connectivity index (χ1v) is 5.49. The molecule has 0 spiro atoms. The highest BCUT2D eigenvalue weighted by Gasteiger charge is 2.06. The second-order valence-electron chi connectivity index (χ2n) is 2.17. The lowest BCUT2D eigenvalue weighted by atomic mass is 10.5. The summed E-state index contributed by atoms with van der Waals surface area (Å²) in [4.78, 5) is 21.8. The molecule has 3 nitrogen and oxygen atoms in total. The molecular formula is C8H13NO2S2. The lowest BCUT2D eigenvalue weighted by molar-refractivity contribution is -0.116.